The summed E-state index contributed by atoms with van der Waals surface area (Å²) in [4.78, 5) is 9.29. The van der Waals surface area contributed by atoms with Crippen LogP contribution in [0.2, 0.25) is 0 Å². The topological polar surface area (TPSA) is 67.1 Å². The van der Waals surface area contributed by atoms with Gasteiger partial charge in [-0.05, 0) is 27.2 Å². The van der Waals surface area contributed by atoms with Crippen molar-refractivity contribution in [3.05, 3.63) is 33.0 Å². The van der Waals surface area contributed by atoms with Crippen LogP contribution in [0.3, 0.4) is 0 Å². The number of rotatable bonds is 7. The third-order valence-corrected chi connectivity index (χ3v) is 5.02. The van der Waals surface area contributed by atoms with Crippen molar-refractivity contribution < 1.29 is 0 Å². The molecule has 0 unspecified atom stereocenters. The standard InChI is InChI=1S/C17H28N6S.HI/c1-6-16-21-14(11-24-16)8-9-19-17(18-7-2)20-10-15-12(3)22-23(5)13(15)4;/h11H,6-10H2,1-5H3,(H2,18,19,20);1H. The van der Waals surface area contributed by atoms with Gasteiger partial charge in [-0.2, -0.15) is 5.10 Å². The van der Waals surface area contributed by atoms with E-state index in [1.54, 1.807) is 11.3 Å². The largest absolute Gasteiger partial charge is 0.357 e. The van der Waals surface area contributed by atoms with E-state index in [1.165, 1.54) is 16.3 Å². The second-order valence-corrected chi connectivity index (χ2v) is 6.67. The Kier molecular flexibility index (Phi) is 9.41. The summed E-state index contributed by atoms with van der Waals surface area (Å²) in [5.41, 5.74) is 4.56. The maximum atomic E-state index is 4.69. The van der Waals surface area contributed by atoms with Gasteiger partial charge >= 0.3 is 0 Å². The van der Waals surface area contributed by atoms with Gasteiger partial charge < -0.3 is 10.6 Å². The molecule has 2 N–H and O–H groups in total. The number of halogens is 1. The summed E-state index contributed by atoms with van der Waals surface area (Å²) in [6.07, 6.45) is 1.91. The van der Waals surface area contributed by atoms with E-state index in [1.807, 2.05) is 18.7 Å². The molecule has 0 fully saturated rings. The predicted molar refractivity (Wildman–Crippen MR) is 116 cm³/mol. The lowest BCUT2D eigenvalue weighted by molar-refractivity contribution is 0.729. The Morgan fingerprint density at radius 2 is 2.04 bits per heavy atom. The number of aromatic nitrogens is 3. The monoisotopic (exact) mass is 476 g/mol. The van der Waals surface area contributed by atoms with E-state index >= 15 is 0 Å². The first-order chi connectivity index (χ1) is 11.5. The molecule has 140 valence electrons. The molecule has 2 rings (SSSR count). The average molecular weight is 476 g/mol. The zero-order valence-corrected chi connectivity index (χ0v) is 18.9. The number of hydrogen-bond donors (Lipinski definition) is 2. The van der Waals surface area contributed by atoms with Crippen LogP contribution < -0.4 is 10.6 Å². The highest BCUT2D eigenvalue weighted by molar-refractivity contribution is 14.0. The molecular weight excluding hydrogens is 447 g/mol. The van der Waals surface area contributed by atoms with E-state index in [-0.39, 0.29) is 24.0 Å². The minimum Gasteiger partial charge on any atom is -0.357 e. The van der Waals surface area contributed by atoms with Gasteiger partial charge in [0.1, 0.15) is 0 Å². The zero-order chi connectivity index (χ0) is 17.5. The minimum absolute atomic E-state index is 0. The summed E-state index contributed by atoms with van der Waals surface area (Å²) in [7, 11) is 1.97. The van der Waals surface area contributed by atoms with Crippen molar-refractivity contribution in [1.29, 1.82) is 0 Å². The highest BCUT2D eigenvalue weighted by atomic mass is 127. The fourth-order valence-corrected chi connectivity index (χ4v) is 3.26. The molecule has 0 radical (unpaired) electrons. The van der Waals surface area contributed by atoms with Crippen molar-refractivity contribution in [2.45, 2.75) is 47.1 Å². The summed E-state index contributed by atoms with van der Waals surface area (Å²) >= 11 is 1.74. The third kappa shape index (κ3) is 6.25. The Morgan fingerprint density at radius 3 is 2.60 bits per heavy atom. The molecule has 0 saturated heterocycles. The molecule has 0 atom stereocenters. The fraction of sp³-hybridized carbons (Fsp3) is 0.588. The second kappa shape index (κ2) is 10.7. The van der Waals surface area contributed by atoms with Gasteiger partial charge in [0.2, 0.25) is 0 Å². The predicted octanol–water partition coefficient (Wildman–Crippen LogP) is 2.97. The SMILES string of the molecule is CCNC(=NCc1c(C)nn(C)c1C)NCCc1csc(CC)n1.I. The Hall–Kier alpha value is -1.16. The van der Waals surface area contributed by atoms with Crippen molar-refractivity contribution in [2.75, 3.05) is 13.1 Å². The van der Waals surface area contributed by atoms with Gasteiger partial charge in [0.05, 0.1) is 22.9 Å². The molecule has 25 heavy (non-hydrogen) atoms. The summed E-state index contributed by atoms with van der Waals surface area (Å²) in [6.45, 7) is 10.6. The van der Waals surface area contributed by atoms with Crippen LogP contribution in [-0.2, 0) is 26.4 Å². The van der Waals surface area contributed by atoms with Crippen molar-refractivity contribution in [1.82, 2.24) is 25.4 Å². The van der Waals surface area contributed by atoms with Gasteiger partial charge in [0.15, 0.2) is 5.96 Å². The molecule has 8 heteroatoms. The first kappa shape index (κ1) is 21.9. The van der Waals surface area contributed by atoms with Crippen LogP contribution in [0.4, 0.5) is 0 Å². The van der Waals surface area contributed by atoms with Crippen LogP contribution in [0.5, 0.6) is 0 Å². The van der Waals surface area contributed by atoms with E-state index in [0.29, 0.717) is 6.54 Å². The first-order valence-electron chi connectivity index (χ1n) is 8.49. The Balaban J connectivity index is 0.00000312. The zero-order valence-electron chi connectivity index (χ0n) is 15.7. The maximum absolute atomic E-state index is 4.69. The normalized spacial score (nSPS) is 11.3. The minimum atomic E-state index is 0. The number of aryl methyl sites for hydroxylation is 3. The number of thiazole rings is 1. The molecule has 2 aromatic heterocycles. The number of aliphatic imine (C=N–C) groups is 1. The van der Waals surface area contributed by atoms with Gasteiger partial charge in [-0.1, -0.05) is 6.92 Å². The summed E-state index contributed by atoms with van der Waals surface area (Å²) < 4.78 is 1.91. The number of hydrogen-bond acceptors (Lipinski definition) is 4. The molecule has 0 aliphatic carbocycles. The molecule has 2 heterocycles. The van der Waals surface area contributed by atoms with E-state index in [4.69, 9.17) is 4.99 Å². The molecule has 6 nitrogen and oxygen atoms in total. The Labute approximate surface area is 171 Å². The Morgan fingerprint density at radius 1 is 1.28 bits per heavy atom. The molecule has 0 aliphatic rings. The number of nitrogens with zero attached hydrogens (tertiary/aromatic N) is 4. The van der Waals surface area contributed by atoms with Crippen LogP contribution in [-0.4, -0.2) is 33.8 Å². The molecule has 0 saturated carbocycles. The van der Waals surface area contributed by atoms with Gasteiger partial charge in [-0.25, -0.2) is 9.98 Å². The molecule has 0 aromatic carbocycles. The van der Waals surface area contributed by atoms with Gasteiger partial charge in [0, 0.05) is 43.2 Å². The molecular formula is C17H29IN6S. The summed E-state index contributed by atoms with van der Waals surface area (Å²) in [5.74, 6) is 0.839. The summed E-state index contributed by atoms with van der Waals surface area (Å²) in [5, 5.41) is 14.5. The molecule has 0 spiro atoms. The maximum Gasteiger partial charge on any atom is 0.191 e. The second-order valence-electron chi connectivity index (χ2n) is 5.73. The van der Waals surface area contributed by atoms with Crippen LogP contribution in [0, 0.1) is 13.8 Å². The van der Waals surface area contributed by atoms with Crippen LogP contribution in [0.15, 0.2) is 10.4 Å². The summed E-state index contributed by atoms with van der Waals surface area (Å²) in [6, 6.07) is 0. The van der Waals surface area contributed by atoms with E-state index < -0.39 is 0 Å². The molecule has 0 amide bonds. The van der Waals surface area contributed by atoms with E-state index in [9.17, 15) is 0 Å². The highest BCUT2D eigenvalue weighted by Crippen LogP contribution is 2.13. The van der Waals surface area contributed by atoms with E-state index in [0.717, 1.165) is 43.3 Å². The fourth-order valence-electron chi connectivity index (χ4n) is 2.48. The van der Waals surface area contributed by atoms with Crippen molar-refractivity contribution in [3.8, 4) is 0 Å². The third-order valence-electron chi connectivity index (χ3n) is 3.97. The number of nitrogens with one attached hydrogen (secondary N) is 2. The van der Waals surface area contributed by atoms with Crippen LogP contribution in [0.1, 0.15) is 41.5 Å². The lowest BCUT2D eigenvalue weighted by Crippen LogP contribution is -2.38. The van der Waals surface area contributed by atoms with Crippen LogP contribution >= 0.6 is 35.3 Å². The quantitative estimate of drug-likeness (QED) is 0.367. The Bertz CT molecular complexity index is 691. The highest BCUT2D eigenvalue weighted by Gasteiger charge is 2.09. The van der Waals surface area contributed by atoms with Crippen molar-refractivity contribution >= 4 is 41.3 Å². The average Bonchev–Trinajstić information content (AvgIpc) is 3.11. The van der Waals surface area contributed by atoms with E-state index in [2.05, 4.69) is 46.9 Å². The lowest BCUT2D eigenvalue weighted by atomic mass is 10.2. The van der Waals surface area contributed by atoms with Gasteiger partial charge in [-0.3, -0.25) is 4.68 Å². The lowest BCUT2D eigenvalue weighted by Gasteiger charge is -2.10. The smallest absolute Gasteiger partial charge is 0.191 e. The van der Waals surface area contributed by atoms with Crippen molar-refractivity contribution in [2.24, 2.45) is 12.0 Å². The molecule has 0 bridgehead atoms. The van der Waals surface area contributed by atoms with Gasteiger partial charge in [0.25, 0.3) is 0 Å². The number of guanidine groups is 1. The van der Waals surface area contributed by atoms with Crippen LogP contribution in [0.25, 0.3) is 0 Å². The van der Waals surface area contributed by atoms with Crippen molar-refractivity contribution in [3.63, 3.8) is 0 Å². The molecule has 0 aliphatic heterocycles. The first-order valence-corrected chi connectivity index (χ1v) is 9.37. The van der Waals surface area contributed by atoms with Gasteiger partial charge in [-0.15, -0.1) is 35.3 Å². The molecule has 2 aromatic rings.